The number of benzene rings is 1. The molecular weight excluding hydrogens is 228 g/mol. The lowest BCUT2D eigenvalue weighted by molar-refractivity contribution is 0.319. The second kappa shape index (κ2) is 7.04. The van der Waals surface area contributed by atoms with Gasteiger partial charge in [-0.25, -0.2) is 0 Å². The second-order valence-electron chi connectivity index (χ2n) is 4.74. The van der Waals surface area contributed by atoms with Crippen LogP contribution in [0.25, 0.3) is 0 Å². The monoisotopic (exact) mass is 250 g/mol. The number of rotatable bonds is 6. The Morgan fingerprint density at radius 1 is 1.35 bits per heavy atom. The summed E-state index contributed by atoms with van der Waals surface area (Å²) < 4.78 is 0. The molecule has 0 radical (unpaired) electrons. The zero-order valence-corrected chi connectivity index (χ0v) is 11.4. The van der Waals surface area contributed by atoms with Gasteiger partial charge >= 0.3 is 0 Å². The van der Waals surface area contributed by atoms with Gasteiger partial charge in [0.25, 0.3) is 0 Å². The standard InChI is InChI=1S/C14H22N2S/c1-16(11-13-5-3-2-4-6-13)9-8-15-14-7-10-17-12-14/h2-6,14-15H,7-12H2,1H3. The maximum absolute atomic E-state index is 3.64. The van der Waals surface area contributed by atoms with Crippen molar-refractivity contribution >= 4 is 11.8 Å². The van der Waals surface area contributed by atoms with Crippen molar-refractivity contribution in [2.45, 2.75) is 19.0 Å². The first kappa shape index (κ1) is 12.9. The van der Waals surface area contributed by atoms with Gasteiger partial charge in [-0.2, -0.15) is 11.8 Å². The van der Waals surface area contributed by atoms with E-state index < -0.39 is 0 Å². The van der Waals surface area contributed by atoms with Crippen LogP contribution in [0.4, 0.5) is 0 Å². The van der Waals surface area contributed by atoms with Crippen LogP contribution in [0.1, 0.15) is 12.0 Å². The van der Waals surface area contributed by atoms with Gasteiger partial charge in [0.1, 0.15) is 0 Å². The second-order valence-corrected chi connectivity index (χ2v) is 5.89. The average molecular weight is 250 g/mol. The van der Waals surface area contributed by atoms with Crippen LogP contribution in [0, 0.1) is 0 Å². The third kappa shape index (κ3) is 4.70. The van der Waals surface area contributed by atoms with Crippen LogP contribution in [0.2, 0.25) is 0 Å². The summed E-state index contributed by atoms with van der Waals surface area (Å²) in [6.45, 7) is 3.27. The number of thioether (sulfide) groups is 1. The summed E-state index contributed by atoms with van der Waals surface area (Å²) in [6.07, 6.45) is 1.34. The van der Waals surface area contributed by atoms with Crippen LogP contribution >= 0.6 is 11.8 Å². The molecule has 3 heteroatoms. The Morgan fingerprint density at radius 2 is 2.18 bits per heavy atom. The molecule has 1 aromatic rings. The molecule has 0 amide bonds. The molecule has 1 N–H and O–H groups in total. The van der Waals surface area contributed by atoms with E-state index >= 15 is 0 Å². The molecule has 0 bridgehead atoms. The molecule has 1 fully saturated rings. The van der Waals surface area contributed by atoms with E-state index in [9.17, 15) is 0 Å². The highest BCUT2D eigenvalue weighted by Gasteiger charge is 2.14. The quantitative estimate of drug-likeness (QED) is 0.833. The molecule has 1 aliphatic heterocycles. The van der Waals surface area contributed by atoms with Gasteiger partial charge < -0.3 is 10.2 Å². The minimum absolute atomic E-state index is 0.755. The fourth-order valence-electron chi connectivity index (χ4n) is 2.13. The van der Waals surface area contributed by atoms with Crippen LogP contribution < -0.4 is 5.32 Å². The first-order valence-electron chi connectivity index (χ1n) is 6.38. The SMILES string of the molecule is CN(CCNC1CCSC1)Cc1ccccc1. The van der Waals surface area contributed by atoms with Gasteiger partial charge in [0.05, 0.1) is 0 Å². The maximum Gasteiger partial charge on any atom is 0.0231 e. The number of hydrogen-bond donors (Lipinski definition) is 1. The summed E-state index contributed by atoms with van der Waals surface area (Å²) >= 11 is 2.07. The lowest BCUT2D eigenvalue weighted by Crippen LogP contribution is -2.35. The van der Waals surface area contributed by atoms with E-state index in [4.69, 9.17) is 0 Å². The van der Waals surface area contributed by atoms with Gasteiger partial charge in [-0.1, -0.05) is 30.3 Å². The summed E-state index contributed by atoms with van der Waals surface area (Å²) in [5, 5.41) is 3.64. The van der Waals surface area contributed by atoms with Crippen LogP contribution in [0.5, 0.6) is 0 Å². The number of hydrogen-bond acceptors (Lipinski definition) is 3. The van der Waals surface area contributed by atoms with Crippen molar-refractivity contribution in [3.05, 3.63) is 35.9 Å². The minimum atomic E-state index is 0.755. The summed E-state index contributed by atoms with van der Waals surface area (Å²) in [4.78, 5) is 2.38. The lowest BCUT2D eigenvalue weighted by Gasteiger charge is -2.18. The Kier molecular flexibility index (Phi) is 5.36. The predicted octanol–water partition coefficient (Wildman–Crippen LogP) is 2.21. The molecule has 94 valence electrons. The third-order valence-electron chi connectivity index (χ3n) is 3.15. The highest BCUT2D eigenvalue weighted by molar-refractivity contribution is 7.99. The van der Waals surface area contributed by atoms with Gasteiger partial charge in [-0.3, -0.25) is 0 Å². The van der Waals surface area contributed by atoms with Crippen molar-refractivity contribution in [3.63, 3.8) is 0 Å². The van der Waals surface area contributed by atoms with Crippen LogP contribution in [0.3, 0.4) is 0 Å². The van der Waals surface area contributed by atoms with Gasteiger partial charge in [0, 0.05) is 31.4 Å². The Labute approximate surface area is 109 Å². The summed E-state index contributed by atoms with van der Waals surface area (Å²) in [5.41, 5.74) is 1.39. The van der Waals surface area contributed by atoms with E-state index in [1.807, 2.05) is 0 Å². The summed E-state index contributed by atoms with van der Waals surface area (Å²) in [7, 11) is 2.19. The molecule has 1 unspecified atom stereocenters. The topological polar surface area (TPSA) is 15.3 Å². The molecule has 0 aliphatic carbocycles. The molecule has 1 aromatic carbocycles. The van der Waals surface area contributed by atoms with Gasteiger partial charge in [0.2, 0.25) is 0 Å². The number of nitrogens with one attached hydrogen (secondary N) is 1. The fourth-order valence-corrected chi connectivity index (χ4v) is 3.32. The molecule has 1 atom stereocenters. The molecule has 2 rings (SSSR count). The third-order valence-corrected chi connectivity index (χ3v) is 4.31. The molecule has 0 spiro atoms. The van der Waals surface area contributed by atoms with Crippen molar-refractivity contribution in [2.24, 2.45) is 0 Å². The Morgan fingerprint density at radius 3 is 2.88 bits per heavy atom. The molecule has 0 aromatic heterocycles. The highest BCUT2D eigenvalue weighted by atomic mass is 32.2. The van der Waals surface area contributed by atoms with E-state index in [0.717, 1.165) is 25.7 Å². The van der Waals surface area contributed by atoms with E-state index in [1.54, 1.807) is 0 Å². The predicted molar refractivity (Wildman–Crippen MR) is 76.5 cm³/mol. The molecule has 1 aliphatic rings. The van der Waals surface area contributed by atoms with Crippen LogP contribution in [-0.4, -0.2) is 42.6 Å². The maximum atomic E-state index is 3.64. The zero-order chi connectivity index (χ0) is 11.9. The highest BCUT2D eigenvalue weighted by Crippen LogP contribution is 2.16. The summed E-state index contributed by atoms with van der Waals surface area (Å²) in [6, 6.07) is 11.4. The van der Waals surface area contributed by atoms with E-state index in [2.05, 4.69) is 59.4 Å². The van der Waals surface area contributed by atoms with Gasteiger partial charge in [-0.05, 0) is 24.8 Å². The van der Waals surface area contributed by atoms with Crippen LogP contribution in [0.15, 0.2) is 30.3 Å². The van der Waals surface area contributed by atoms with Crippen molar-refractivity contribution in [3.8, 4) is 0 Å². The average Bonchev–Trinajstić information content (AvgIpc) is 2.83. The largest absolute Gasteiger partial charge is 0.312 e. The van der Waals surface area contributed by atoms with Crippen molar-refractivity contribution in [1.82, 2.24) is 10.2 Å². The molecule has 1 saturated heterocycles. The van der Waals surface area contributed by atoms with Gasteiger partial charge in [0.15, 0.2) is 0 Å². The van der Waals surface area contributed by atoms with Crippen LogP contribution in [-0.2, 0) is 6.54 Å². The molecule has 1 heterocycles. The van der Waals surface area contributed by atoms with Crippen molar-refractivity contribution in [2.75, 3.05) is 31.6 Å². The zero-order valence-electron chi connectivity index (χ0n) is 10.6. The minimum Gasteiger partial charge on any atom is -0.312 e. The smallest absolute Gasteiger partial charge is 0.0231 e. The Hall–Kier alpha value is -0.510. The Bertz CT molecular complexity index is 309. The molecular formula is C14H22N2S. The number of likely N-dealkylation sites (N-methyl/N-ethyl adjacent to an activating group) is 1. The van der Waals surface area contributed by atoms with Crippen molar-refractivity contribution < 1.29 is 0 Å². The normalized spacial score (nSPS) is 20.0. The lowest BCUT2D eigenvalue weighted by atomic mass is 10.2. The molecule has 2 nitrogen and oxygen atoms in total. The first-order chi connectivity index (χ1) is 8.34. The molecule has 0 saturated carbocycles. The number of nitrogens with zero attached hydrogens (tertiary/aromatic N) is 1. The first-order valence-corrected chi connectivity index (χ1v) is 7.53. The Balaban J connectivity index is 1.62. The summed E-state index contributed by atoms with van der Waals surface area (Å²) in [5.74, 6) is 2.62. The van der Waals surface area contributed by atoms with Crippen molar-refractivity contribution in [1.29, 1.82) is 0 Å². The van der Waals surface area contributed by atoms with E-state index in [1.165, 1.54) is 23.5 Å². The fraction of sp³-hybridized carbons (Fsp3) is 0.571. The van der Waals surface area contributed by atoms with E-state index in [0.29, 0.717) is 0 Å². The van der Waals surface area contributed by atoms with E-state index in [-0.39, 0.29) is 0 Å². The van der Waals surface area contributed by atoms with Gasteiger partial charge in [-0.15, -0.1) is 0 Å². The molecule has 17 heavy (non-hydrogen) atoms.